The van der Waals surface area contributed by atoms with Gasteiger partial charge < -0.3 is 10.2 Å². The van der Waals surface area contributed by atoms with Crippen LogP contribution in [0.2, 0.25) is 0 Å². The zero-order valence-corrected chi connectivity index (χ0v) is 12.4. The van der Waals surface area contributed by atoms with Crippen molar-refractivity contribution >= 4 is 17.3 Å². The van der Waals surface area contributed by atoms with Crippen molar-refractivity contribution in [2.75, 3.05) is 25.0 Å². The third-order valence-electron chi connectivity index (χ3n) is 3.40. The van der Waals surface area contributed by atoms with Crippen molar-refractivity contribution in [1.29, 1.82) is 0 Å². The quantitative estimate of drug-likeness (QED) is 0.604. The summed E-state index contributed by atoms with van der Waals surface area (Å²) in [5.41, 5.74) is 2.14. The molecule has 2 N–H and O–H groups in total. The second kappa shape index (κ2) is 7.00. The number of nitrogens with zero attached hydrogens (tertiary/aromatic N) is 1. The van der Waals surface area contributed by atoms with Crippen LogP contribution >= 0.6 is 0 Å². The van der Waals surface area contributed by atoms with E-state index in [2.05, 4.69) is 5.32 Å². The molecular formula is C14H22N3O3+. The van der Waals surface area contributed by atoms with Crippen molar-refractivity contribution in [3.8, 4) is 0 Å². The van der Waals surface area contributed by atoms with Crippen LogP contribution in [0, 0.1) is 24.0 Å². The first-order valence-electron chi connectivity index (χ1n) is 6.78. The number of non-ortho nitro benzene ring substituents is 1. The minimum Gasteiger partial charge on any atom is -0.328 e. The molecule has 20 heavy (non-hydrogen) atoms. The maximum absolute atomic E-state index is 12.0. The van der Waals surface area contributed by atoms with Gasteiger partial charge in [-0.15, -0.1) is 0 Å². The van der Waals surface area contributed by atoms with Gasteiger partial charge in [0.2, 0.25) is 0 Å². The van der Waals surface area contributed by atoms with Crippen molar-refractivity contribution in [3.05, 3.63) is 33.4 Å². The fraction of sp³-hybridized carbons (Fsp3) is 0.500. The number of nitrogens with one attached hydrogen (secondary N) is 2. The Morgan fingerprint density at radius 1 is 1.25 bits per heavy atom. The maximum Gasteiger partial charge on any atom is 0.279 e. The van der Waals surface area contributed by atoms with Gasteiger partial charge in [0.05, 0.1) is 18.0 Å². The molecule has 0 unspecified atom stereocenters. The lowest BCUT2D eigenvalue weighted by Gasteiger charge is -2.16. The Balaban J connectivity index is 2.88. The first-order chi connectivity index (χ1) is 9.38. The van der Waals surface area contributed by atoms with Crippen LogP contribution in [0.15, 0.2) is 12.1 Å². The third kappa shape index (κ3) is 4.03. The number of benzene rings is 1. The lowest BCUT2D eigenvalue weighted by atomic mass is 10.1. The number of hydrogen-bond donors (Lipinski definition) is 2. The van der Waals surface area contributed by atoms with Crippen LogP contribution in [0.1, 0.15) is 25.0 Å². The van der Waals surface area contributed by atoms with Gasteiger partial charge in [0, 0.05) is 17.8 Å². The van der Waals surface area contributed by atoms with Gasteiger partial charge in [0.15, 0.2) is 6.54 Å². The number of anilines is 1. The molecule has 0 bridgehead atoms. The Bertz CT molecular complexity index is 487. The number of rotatable bonds is 6. The number of quaternary nitrogens is 1. The highest BCUT2D eigenvalue weighted by Crippen LogP contribution is 2.25. The average Bonchev–Trinajstić information content (AvgIpc) is 2.39. The number of nitro groups is 1. The first-order valence-corrected chi connectivity index (χ1v) is 6.78. The van der Waals surface area contributed by atoms with Gasteiger partial charge in [-0.05, 0) is 38.8 Å². The molecule has 6 heteroatoms. The highest BCUT2D eigenvalue weighted by molar-refractivity contribution is 5.93. The van der Waals surface area contributed by atoms with Crippen molar-refractivity contribution in [3.63, 3.8) is 0 Å². The van der Waals surface area contributed by atoms with Crippen LogP contribution in [0.5, 0.6) is 0 Å². The normalized spacial score (nSPS) is 10.7. The van der Waals surface area contributed by atoms with E-state index >= 15 is 0 Å². The molecule has 0 atom stereocenters. The number of carbonyl (C=O) groups is 1. The third-order valence-corrected chi connectivity index (χ3v) is 3.40. The molecule has 0 heterocycles. The van der Waals surface area contributed by atoms with E-state index in [0.29, 0.717) is 23.4 Å². The smallest absolute Gasteiger partial charge is 0.279 e. The molecule has 1 rings (SSSR count). The Labute approximate surface area is 118 Å². The van der Waals surface area contributed by atoms with Crippen molar-refractivity contribution < 1.29 is 14.6 Å². The maximum atomic E-state index is 12.0. The van der Waals surface area contributed by atoms with Gasteiger partial charge in [0.25, 0.3) is 11.6 Å². The molecule has 1 aromatic carbocycles. The lowest BCUT2D eigenvalue weighted by molar-refractivity contribution is -0.888. The molecule has 0 aliphatic carbocycles. The summed E-state index contributed by atoms with van der Waals surface area (Å²) in [7, 11) is 0. The van der Waals surface area contributed by atoms with Crippen LogP contribution < -0.4 is 10.2 Å². The molecule has 6 nitrogen and oxygen atoms in total. The monoisotopic (exact) mass is 280 g/mol. The summed E-state index contributed by atoms with van der Waals surface area (Å²) < 4.78 is 0. The van der Waals surface area contributed by atoms with E-state index in [0.717, 1.165) is 13.1 Å². The summed E-state index contributed by atoms with van der Waals surface area (Å²) in [6.07, 6.45) is 0. The minimum absolute atomic E-state index is 0.0485. The summed E-state index contributed by atoms with van der Waals surface area (Å²) >= 11 is 0. The van der Waals surface area contributed by atoms with Gasteiger partial charge in [-0.1, -0.05) is 0 Å². The van der Waals surface area contributed by atoms with E-state index in [1.54, 1.807) is 13.8 Å². The minimum atomic E-state index is -0.425. The topological polar surface area (TPSA) is 76.7 Å². The highest BCUT2D eigenvalue weighted by atomic mass is 16.6. The zero-order valence-electron chi connectivity index (χ0n) is 12.4. The standard InChI is InChI=1S/C14H21N3O3/c1-5-16(6-2)9-13(18)15-14-10(3)7-12(17(19)20)8-11(14)4/h7-8H,5-6,9H2,1-4H3,(H,15,18)/p+1. The molecular weight excluding hydrogens is 258 g/mol. The molecule has 0 aliphatic rings. The van der Waals surface area contributed by atoms with Gasteiger partial charge in [-0.2, -0.15) is 0 Å². The number of nitro benzene ring substituents is 1. The van der Waals surface area contributed by atoms with E-state index in [9.17, 15) is 14.9 Å². The van der Waals surface area contributed by atoms with Crippen LogP contribution in [0.3, 0.4) is 0 Å². The van der Waals surface area contributed by atoms with Gasteiger partial charge in [0.1, 0.15) is 0 Å². The van der Waals surface area contributed by atoms with Crippen molar-refractivity contribution in [2.24, 2.45) is 0 Å². The van der Waals surface area contributed by atoms with Crippen LogP contribution in [0.25, 0.3) is 0 Å². The molecule has 1 aromatic rings. The summed E-state index contributed by atoms with van der Waals surface area (Å²) in [5, 5.41) is 13.6. The Morgan fingerprint density at radius 2 is 1.75 bits per heavy atom. The van der Waals surface area contributed by atoms with E-state index in [1.807, 2.05) is 13.8 Å². The average molecular weight is 280 g/mol. The summed E-state index contributed by atoms with van der Waals surface area (Å²) in [4.78, 5) is 23.5. The largest absolute Gasteiger partial charge is 0.328 e. The fourth-order valence-electron chi connectivity index (χ4n) is 2.15. The Kier molecular flexibility index (Phi) is 5.64. The summed E-state index contributed by atoms with van der Waals surface area (Å²) in [6, 6.07) is 2.96. The second-order valence-corrected chi connectivity index (χ2v) is 4.89. The summed E-state index contributed by atoms with van der Waals surface area (Å²) in [6.45, 7) is 9.79. The summed E-state index contributed by atoms with van der Waals surface area (Å²) in [5.74, 6) is -0.0660. The first kappa shape index (κ1) is 16.1. The molecule has 0 aromatic heterocycles. The molecule has 1 amide bonds. The SMILES string of the molecule is CC[NH+](CC)CC(=O)Nc1c(C)cc([N+](=O)[O-])cc1C. The second-order valence-electron chi connectivity index (χ2n) is 4.89. The zero-order chi connectivity index (χ0) is 15.3. The fourth-order valence-corrected chi connectivity index (χ4v) is 2.15. The van der Waals surface area contributed by atoms with Crippen LogP contribution in [-0.2, 0) is 4.79 Å². The molecule has 0 saturated heterocycles. The lowest BCUT2D eigenvalue weighted by Crippen LogP contribution is -3.12. The van der Waals surface area contributed by atoms with Crippen LogP contribution in [0.4, 0.5) is 11.4 Å². The molecule has 0 radical (unpaired) electrons. The van der Waals surface area contributed by atoms with Crippen molar-refractivity contribution in [2.45, 2.75) is 27.7 Å². The van der Waals surface area contributed by atoms with E-state index in [1.165, 1.54) is 17.0 Å². The van der Waals surface area contributed by atoms with Gasteiger partial charge in [-0.3, -0.25) is 14.9 Å². The number of amides is 1. The van der Waals surface area contributed by atoms with Crippen LogP contribution in [-0.4, -0.2) is 30.5 Å². The predicted octanol–water partition coefficient (Wildman–Crippen LogP) is 1.07. The molecule has 0 fully saturated rings. The predicted molar refractivity (Wildman–Crippen MR) is 78.1 cm³/mol. The highest BCUT2D eigenvalue weighted by Gasteiger charge is 2.16. The molecule has 0 spiro atoms. The Morgan fingerprint density at radius 3 is 2.15 bits per heavy atom. The van der Waals surface area contributed by atoms with Gasteiger partial charge >= 0.3 is 0 Å². The van der Waals surface area contributed by atoms with E-state index in [-0.39, 0.29) is 11.6 Å². The number of carbonyl (C=O) groups excluding carboxylic acids is 1. The molecule has 110 valence electrons. The molecule has 0 aliphatic heterocycles. The van der Waals surface area contributed by atoms with Crippen molar-refractivity contribution in [1.82, 2.24) is 0 Å². The molecule has 0 saturated carbocycles. The van der Waals surface area contributed by atoms with Gasteiger partial charge in [-0.25, -0.2) is 0 Å². The number of likely N-dealkylation sites (N-methyl/N-ethyl adjacent to an activating group) is 1. The number of hydrogen-bond acceptors (Lipinski definition) is 3. The van der Waals surface area contributed by atoms with E-state index in [4.69, 9.17) is 0 Å². The van der Waals surface area contributed by atoms with E-state index < -0.39 is 4.92 Å². The number of aryl methyl sites for hydroxylation is 2. The Hall–Kier alpha value is -1.95.